The van der Waals surface area contributed by atoms with Gasteiger partial charge in [-0.05, 0) is 30.2 Å². The fourth-order valence-electron chi connectivity index (χ4n) is 5.74. The first kappa shape index (κ1) is 29.4. The summed E-state index contributed by atoms with van der Waals surface area (Å²) in [5, 5.41) is 10.9. The zero-order chi connectivity index (χ0) is 29.9. The van der Waals surface area contributed by atoms with Gasteiger partial charge in [-0.25, -0.2) is 4.98 Å². The molecule has 1 saturated heterocycles. The van der Waals surface area contributed by atoms with Crippen molar-refractivity contribution in [3.05, 3.63) is 82.0 Å². The zero-order valence-electron chi connectivity index (χ0n) is 24.2. The summed E-state index contributed by atoms with van der Waals surface area (Å²) in [6.07, 6.45) is 3.21. The summed E-state index contributed by atoms with van der Waals surface area (Å²) in [5.74, 6) is 0.632. The fourth-order valence-corrected chi connectivity index (χ4v) is 6.39. The van der Waals surface area contributed by atoms with Crippen LogP contribution < -0.4 is 25.6 Å². The Bertz CT molecular complexity index is 1660. The molecule has 6 rings (SSSR count). The van der Waals surface area contributed by atoms with E-state index in [0.29, 0.717) is 46.8 Å². The number of carbonyl (C=O) groups is 1. The molecular weight excluding hydrogens is 583 g/mol. The smallest absolute Gasteiger partial charge is 0.220 e. The van der Waals surface area contributed by atoms with Crippen molar-refractivity contribution in [2.75, 3.05) is 38.7 Å². The number of benzene rings is 2. The van der Waals surface area contributed by atoms with E-state index in [1.807, 2.05) is 36.4 Å². The molecule has 1 fully saturated rings. The van der Waals surface area contributed by atoms with Crippen LogP contribution in [0.5, 0.6) is 5.88 Å². The highest BCUT2D eigenvalue weighted by Crippen LogP contribution is 2.42. The second-order valence-corrected chi connectivity index (χ2v) is 11.7. The molecule has 43 heavy (non-hydrogen) atoms. The maximum Gasteiger partial charge on any atom is 0.220 e. The van der Waals surface area contributed by atoms with Gasteiger partial charge in [0.1, 0.15) is 0 Å². The standard InChI is InChI=1S/C33H34Cl2N6O2/c1-41-15-14-36-17-21-7-6-20(16-28(21)41)32-31(35)25(12-13-38-32)24-4-3-5-26(30(24)34)27-10-8-22(33(40-27)43-2)18-37-19-23-9-11-29(42)39-23/h3-8,10,12-13,16,23,36-37H,9,11,14-15,17-19H2,1-2H3,(H,39,42)/t23-/m1/s1. The van der Waals surface area contributed by atoms with Crippen molar-refractivity contribution in [3.8, 4) is 39.5 Å². The number of halogens is 2. The van der Waals surface area contributed by atoms with Crippen LogP contribution in [0, 0.1) is 0 Å². The minimum Gasteiger partial charge on any atom is -0.481 e. The normalized spacial score (nSPS) is 16.5. The summed E-state index contributed by atoms with van der Waals surface area (Å²) in [5.41, 5.74) is 8.09. The summed E-state index contributed by atoms with van der Waals surface area (Å²) in [4.78, 5) is 23.2. The lowest BCUT2D eigenvalue weighted by Gasteiger charge is -2.20. The van der Waals surface area contributed by atoms with Crippen LogP contribution in [0.2, 0.25) is 10.0 Å². The van der Waals surface area contributed by atoms with Crippen molar-refractivity contribution in [1.29, 1.82) is 0 Å². The second kappa shape index (κ2) is 12.9. The number of fused-ring (bicyclic) bond motifs is 1. The van der Waals surface area contributed by atoms with Crippen LogP contribution in [0.15, 0.2) is 60.8 Å². The molecule has 0 unspecified atom stereocenters. The number of pyridine rings is 2. The van der Waals surface area contributed by atoms with E-state index < -0.39 is 0 Å². The Balaban J connectivity index is 1.28. The average molecular weight is 618 g/mol. The zero-order valence-corrected chi connectivity index (χ0v) is 25.7. The van der Waals surface area contributed by atoms with Crippen molar-refractivity contribution in [2.45, 2.75) is 32.0 Å². The van der Waals surface area contributed by atoms with Crippen molar-refractivity contribution in [3.63, 3.8) is 0 Å². The molecular formula is C33H34Cl2N6O2. The van der Waals surface area contributed by atoms with Gasteiger partial charge in [0.2, 0.25) is 11.8 Å². The predicted molar refractivity (Wildman–Crippen MR) is 173 cm³/mol. The van der Waals surface area contributed by atoms with Gasteiger partial charge in [0.15, 0.2) is 0 Å². The minimum absolute atomic E-state index is 0.110. The van der Waals surface area contributed by atoms with Crippen molar-refractivity contribution in [2.24, 2.45) is 0 Å². The molecule has 2 aromatic heterocycles. The number of amides is 1. The van der Waals surface area contributed by atoms with Crippen LogP contribution in [-0.4, -0.2) is 55.7 Å². The third kappa shape index (κ3) is 6.19. The Labute approximate surface area is 261 Å². The summed E-state index contributed by atoms with van der Waals surface area (Å²) < 4.78 is 5.64. The molecule has 8 nitrogen and oxygen atoms in total. The molecule has 3 N–H and O–H groups in total. The molecule has 222 valence electrons. The lowest BCUT2D eigenvalue weighted by Crippen LogP contribution is -2.35. The molecule has 10 heteroatoms. The topological polar surface area (TPSA) is 91.4 Å². The van der Waals surface area contributed by atoms with Gasteiger partial charge >= 0.3 is 0 Å². The summed E-state index contributed by atoms with van der Waals surface area (Å²) >= 11 is 14.1. The van der Waals surface area contributed by atoms with Crippen molar-refractivity contribution >= 4 is 34.8 Å². The maximum atomic E-state index is 11.5. The first-order chi connectivity index (χ1) is 20.9. The molecule has 2 aliphatic heterocycles. The summed E-state index contributed by atoms with van der Waals surface area (Å²) in [7, 11) is 3.72. The van der Waals surface area contributed by atoms with E-state index in [4.69, 9.17) is 32.9 Å². The Morgan fingerprint density at radius 3 is 2.72 bits per heavy atom. The molecule has 0 spiro atoms. The van der Waals surface area contributed by atoms with Gasteiger partial charge in [0, 0.05) is 91.9 Å². The number of anilines is 1. The number of aromatic nitrogens is 2. The van der Waals surface area contributed by atoms with E-state index in [2.05, 4.69) is 51.1 Å². The molecule has 2 aliphatic rings. The molecule has 1 amide bonds. The van der Waals surface area contributed by atoms with Gasteiger partial charge in [-0.3, -0.25) is 9.78 Å². The Hall–Kier alpha value is -3.69. The van der Waals surface area contributed by atoms with Gasteiger partial charge in [-0.1, -0.05) is 59.6 Å². The number of methoxy groups -OCH3 is 1. The average Bonchev–Trinajstić information content (AvgIpc) is 3.35. The lowest BCUT2D eigenvalue weighted by atomic mass is 9.99. The Morgan fingerprint density at radius 2 is 1.91 bits per heavy atom. The van der Waals surface area contributed by atoms with Crippen LogP contribution in [0.1, 0.15) is 24.0 Å². The highest BCUT2D eigenvalue weighted by atomic mass is 35.5. The molecule has 0 aliphatic carbocycles. The largest absolute Gasteiger partial charge is 0.481 e. The van der Waals surface area contributed by atoms with Gasteiger partial charge < -0.3 is 25.6 Å². The second-order valence-electron chi connectivity index (χ2n) is 10.9. The van der Waals surface area contributed by atoms with E-state index >= 15 is 0 Å². The number of nitrogens with zero attached hydrogens (tertiary/aromatic N) is 3. The van der Waals surface area contributed by atoms with E-state index in [-0.39, 0.29) is 11.9 Å². The number of nitrogens with one attached hydrogen (secondary N) is 3. The highest BCUT2D eigenvalue weighted by Gasteiger charge is 2.21. The number of ether oxygens (including phenoxy) is 1. The predicted octanol–water partition coefficient (Wildman–Crippen LogP) is 5.70. The molecule has 0 saturated carbocycles. The van der Waals surface area contributed by atoms with E-state index in [1.54, 1.807) is 13.3 Å². The minimum atomic E-state index is 0.110. The highest BCUT2D eigenvalue weighted by molar-refractivity contribution is 6.39. The molecule has 4 heterocycles. The fraction of sp³-hybridized carbons (Fsp3) is 0.303. The number of rotatable bonds is 8. The number of likely N-dealkylation sites (N-methyl/N-ethyl adjacent to an activating group) is 1. The molecule has 2 aromatic carbocycles. The van der Waals surface area contributed by atoms with Gasteiger partial charge in [-0.15, -0.1) is 0 Å². The van der Waals surface area contributed by atoms with Crippen molar-refractivity contribution < 1.29 is 9.53 Å². The molecule has 0 radical (unpaired) electrons. The van der Waals surface area contributed by atoms with Crippen LogP contribution in [-0.2, 0) is 17.9 Å². The number of carbonyl (C=O) groups excluding carboxylic acids is 1. The first-order valence-corrected chi connectivity index (χ1v) is 15.2. The first-order valence-electron chi connectivity index (χ1n) is 14.5. The molecule has 0 bridgehead atoms. The van der Waals surface area contributed by atoms with Gasteiger partial charge in [0.05, 0.1) is 28.5 Å². The number of hydrogen-bond acceptors (Lipinski definition) is 7. The van der Waals surface area contributed by atoms with Crippen LogP contribution >= 0.6 is 23.2 Å². The third-order valence-electron chi connectivity index (χ3n) is 8.09. The van der Waals surface area contributed by atoms with E-state index in [1.165, 1.54) is 11.3 Å². The SMILES string of the molecule is COc1nc(-c2cccc(-c3ccnc(-c4ccc5c(c4)N(C)CCNC5)c3Cl)c2Cl)ccc1CNC[C@H]1CCC(=O)N1. The van der Waals surface area contributed by atoms with E-state index in [0.717, 1.165) is 53.9 Å². The Morgan fingerprint density at radius 1 is 1.07 bits per heavy atom. The lowest BCUT2D eigenvalue weighted by molar-refractivity contribution is -0.119. The third-order valence-corrected chi connectivity index (χ3v) is 8.88. The van der Waals surface area contributed by atoms with Crippen LogP contribution in [0.4, 0.5) is 5.69 Å². The van der Waals surface area contributed by atoms with Crippen LogP contribution in [0.25, 0.3) is 33.6 Å². The summed E-state index contributed by atoms with van der Waals surface area (Å²) in [6.45, 7) is 3.96. The molecule has 4 aromatic rings. The van der Waals surface area contributed by atoms with Crippen LogP contribution in [0.3, 0.4) is 0 Å². The Kier molecular flexibility index (Phi) is 8.81. The quantitative estimate of drug-likeness (QED) is 0.234. The van der Waals surface area contributed by atoms with Gasteiger partial charge in [0.25, 0.3) is 0 Å². The monoisotopic (exact) mass is 616 g/mol. The van der Waals surface area contributed by atoms with Gasteiger partial charge in [-0.2, -0.15) is 0 Å². The summed E-state index contributed by atoms with van der Waals surface area (Å²) in [6, 6.07) is 18.2. The maximum absolute atomic E-state index is 11.5. The molecule has 1 atom stereocenters. The van der Waals surface area contributed by atoms with E-state index in [9.17, 15) is 4.79 Å². The number of hydrogen-bond donors (Lipinski definition) is 3. The van der Waals surface area contributed by atoms with Crippen molar-refractivity contribution in [1.82, 2.24) is 25.9 Å².